The summed E-state index contributed by atoms with van der Waals surface area (Å²) in [5.41, 5.74) is 6.68. The van der Waals surface area contributed by atoms with Crippen molar-refractivity contribution in [1.82, 2.24) is 4.90 Å². The van der Waals surface area contributed by atoms with Crippen LogP contribution >= 0.6 is 0 Å². The second kappa shape index (κ2) is 14.8. The van der Waals surface area contributed by atoms with Crippen molar-refractivity contribution in [3.05, 3.63) is 54.1 Å². The van der Waals surface area contributed by atoms with Gasteiger partial charge in [-0.1, -0.05) is 30.3 Å². The van der Waals surface area contributed by atoms with Crippen molar-refractivity contribution in [2.24, 2.45) is 17.6 Å². The predicted octanol–water partition coefficient (Wildman–Crippen LogP) is 5.89. The van der Waals surface area contributed by atoms with Crippen molar-refractivity contribution < 1.29 is 34.8 Å². The summed E-state index contributed by atoms with van der Waals surface area (Å²) in [5, 5.41) is 0. The molecule has 4 aliphatic rings. The lowest BCUT2D eigenvalue weighted by atomic mass is 9.87. The molecule has 3 fully saturated rings. The van der Waals surface area contributed by atoms with Crippen LogP contribution in [0.1, 0.15) is 86.1 Å². The second-order valence-corrected chi connectivity index (χ2v) is 15.1. The number of likely N-dealkylation sites (tertiary alicyclic amines) is 1. The monoisotopic (exact) mass is 678 g/mol. The summed E-state index contributed by atoms with van der Waals surface area (Å²) in [6.45, 7) is 9.97. The van der Waals surface area contributed by atoms with Gasteiger partial charge in [0.2, 0.25) is 11.8 Å². The number of methoxy groups -OCH3 is 1. The zero-order valence-electron chi connectivity index (χ0n) is 29.8. The van der Waals surface area contributed by atoms with Crippen LogP contribution in [-0.2, 0) is 23.9 Å². The zero-order chi connectivity index (χ0) is 35.5. The normalized spacial score (nSPS) is 21.5. The number of fused-ring (bicyclic) bond motifs is 1. The van der Waals surface area contributed by atoms with E-state index in [4.69, 9.17) is 19.9 Å². The van der Waals surface area contributed by atoms with E-state index in [0.717, 1.165) is 18.8 Å². The predicted molar refractivity (Wildman–Crippen MR) is 190 cm³/mol. The molecule has 1 unspecified atom stereocenters. The van der Waals surface area contributed by atoms with Gasteiger partial charge in [-0.3, -0.25) is 14.4 Å². The van der Waals surface area contributed by atoms with Gasteiger partial charge in [0.25, 0.3) is 5.91 Å². The molecule has 0 spiro atoms. The Balaban J connectivity index is 0.000000482. The minimum Gasteiger partial charge on any atom is -0.476 e. The maximum atomic E-state index is 14.1. The third-order valence-electron chi connectivity index (χ3n) is 9.22. The Kier molecular flexibility index (Phi) is 10.9. The molecule has 2 N–H and O–H groups in total. The molecule has 2 atom stereocenters. The van der Waals surface area contributed by atoms with Gasteiger partial charge in [0.15, 0.2) is 5.60 Å². The number of amides is 4. The average Bonchev–Trinajstić information content (AvgIpc) is 3.98. The van der Waals surface area contributed by atoms with Gasteiger partial charge < -0.3 is 34.6 Å². The minimum absolute atomic E-state index is 0. The van der Waals surface area contributed by atoms with E-state index in [9.17, 15) is 19.2 Å². The van der Waals surface area contributed by atoms with Crippen LogP contribution < -0.4 is 20.3 Å². The number of anilines is 2. The second-order valence-electron chi connectivity index (χ2n) is 15.1. The molecule has 11 heteroatoms. The summed E-state index contributed by atoms with van der Waals surface area (Å²) in [6.07, 6.45) is 4.81. The Labute approximate surface area is 291 Å². The van der Waals surface area contributed by atoms with Crippen LogP contribution in [0.5, 0.6) is 5.75 Å². The number of ether oxygens (including phenoxy) is 3. The largest absolute Gasteiger partial charge is 0.476 e. The van der Waals surface area contributed by atoms with Crippen molar-refractivity contribution in [1.29, 1.82) is 0 Å². The first-order valence-electron chi connectivity index (χ1n) is 17.5. The number of benzene rings is 2. The van der Waals surface area contributed by atoms with Gasteiger partial charge in [-0.05, 0) is 103 Å². The molecule has 2 aliphatic carbocycles. The van der Waals surface area contributed by atoms with E-state index in [-0.39, 0.29) is 38.8 Å². The van der Waals surface area contributed by atoms with E-state index < -0.39 is 35.0 Å². The standard InChI is InChI=1S/C29H42N4O7.C9H10.H2/c1-28(2,3)40-27(37)31-16-18(24(30)34)14-19(17-31)25(35)33(20-8-9-20)21-10-11-23-22(15-21)32(12-7-13-38-6)26(36)29(4,5)39-23;1-2-4-8(5-3-1)9-6-7-9;/h10-11,15,18-20H,7-9,12-14,16-17H2,1-6H3,(H2,30,34);1-5,9H,6-7H2;1H/t18-,19?;;/m0../s1. The van der Waals surface area contributed by atoms with Gasteiger partial charge >= 0.3 is 6.09 Å². The molecule has 0 bridgehead atoms. The highest BCUT2D eigenvalue weighted by atomic mass is 16.6. The number of rotatable bonds is 9. The highest BCUT2D eigenvalue weighted by Crippen LogP contribution is 2.43. The zero-order valence-corrected chi connectivity index (χ0v) is 29.8. The first kappa shape index (κ1) is 36.2. The third-order valence-corrected chi connectivity index (χ3v) is 9.22. The first-order valence-corrected chi connectivity index (χ1v) is 17.5. The molecule has 4 amide bonds. The smallest absolute Gasteiger partial charge is 0.410 e. The number of primary amides is 1. The molecule has 2 heterocycles. The highest BCUT2D eigenvalue weighted by molar-refractivity contribution is 6.04. The SMILES string of the molecule is COCCCN1C(=O)C(C)(C)Oc2ccc(N(C(=O)C3C[C@H](C(N)=O)CN(C(=O)OC(C)(C)C)C3)C3CC3)cc21.[HH].c1ccc(C2CC2)cc1. The van der Waals surface area contributed by atoms with E-state index in [0.29, 0.717) is 36.7 Å². The molecule has 11 nitrogen and oxygen atoms in total. The van der Waals surface area contributed by atoms with Crippen molar-refractivity contribution >= 4 is 35.2 Å². The lowest BCUT2D eigenvalue weighted by Crippen LogP contribution is -2.53. The van der Waals surface area contributed by atoms with Gasteiger partial charge in [0.05, 0.1) is 17.5 Å². The number of carbonyl (C=O) groups excluding carboxylic acids is 4. The lowest BCUT2D eigenvalue weighted by Gasteiger charge is -2.40. The van der Waals surface area contributed by atoms with E-state index in [1.807, 2.05) is 12.1 Å². The lowest BCUT2D eigenvalue weighted by molar-refractivity contribution is -0.132. The average molecular weight is 679 g/mol. The van der Waals surface area contributed by atoms with E-state index in [1.54, 1.807) is 57.6 Å². The molecule has 0 radical (unpaired) electrons. The van der Waals surface area contributed by atoms with Crippen LogP contribution in [-0.4, -0.2) is 79.3 Å². The Bertz CT molecular complexity index is 1520. The van der Waals surface area contributed by atoms with E-state index in [1.165, 1.54) is 23.3 Å². The Hall–Kier alpha value is -4.12. The molecule has 1 saturated heterocycles. The molecule has 268 valence electrons. The van der Waals surface area contributed by atoms with Crippen molar-refractivity contribution in [2.45, 2.75) is 96.3 Å². The maximum Gasteiger partial charge on any atom is 0.410 e. The van der Waals surface area contributed by atoms with Crippen LogP contribution in [0.2, 0.25) is 0 Å². The fourth-order valence-corrected chi connectivity index (χ4v) is 6.44. The van der Waals surface area contributed by atoms with Crippen molar-refractivity contribution in [3.8, 4) is 5.75 Å². The maximum absolute atomic E-state index is 14.1. The Morgan fingerprint density at radius 1 is 1.02 bits per heavy atom. The quantitative estimate of drug-likeness (QED) is 0.327. The number of piperidine rings is 1. The number of nitrogens with two attached hydrogens (primary N) is 1. The van der Waals surface area contributed by atoms with E-state index >= 15 is 0 Å². The molecule has 2 aromatic carbocycles. The van der Waals surface area contributed by atoms with Crippen LogP contribution in [0, 0.1) is 11.8 Å². The molecule has 49 heavy (non-hydrogen) atoms. The fourth-order valence-electron chi connectivity index (χ4n) is 6.44. The summed E-state index contributed by atoms with van der Waals surface area (Å²) in [7, 11) is 1.62. The van der Waals surface area contributed by atoms with Gasteiger partial charge in [0.1, 0.15) is 11.4 Å². The summed E-state index contributed by atoms with van der Waals surface area (Å²) in [5.74, 6) is -0.724. The van der Waals surface area contributed by atoms with Gasteiger partial charge in [0, 0.05) is 46.5 Å². The Morgan fingerprint density at radius 2 is 1.69 bits per heavy atom. The Morgan fingerprint density at radius 3 is 2.29 bits per heavy atom. The minimum atomic E-state index is -1.02. The van der Waals surface area contributed by atoms with Crippen LogP contribution in [0.3, 0.4) is 0 Å². The third kappa shape index (κ3) is 9.12. The molecule has 2 aromatic rings. The molecular formula is C38H54N4O7. The van der Waals surface area contributed by atoms with Crippen molar-refractivity contribution in [3.63, 3.8) is 0 Å². The summed E-state index contributed by atoms with van der Waals surface area (Å²) in [6, 6.07) is 16.2. The summed E-state index contributed by atoms with van der Waals surface area (Å²) >= 11 is 0. The first-order chi connectivity index (χ1) is 23.2. The molecule has 2 aliphatic heterocycles. The fraction of sp³-hybridized carbons (Fsp3) is 0.579. The number of nitrogens with zero attached hydrogens (tertiary/aromatic N) is 3. The number of hydrogen-bond donors (Lipinski definition) is 1. The molecule has 6 rings (SSSR count). The van der Waals surface area contributed by atoms with Gasteiger partial charge in [-0.2, -0.15) is 0 Å². The van der Waals surface area contributed by atoms with Crippen LogP contribution in [0.25, 0.3) is 0 Å². The summed E-state index contributed by atoms with van der Waals surface area (Å²) < 4.78 is 16.8. The summed E-state index contributed by atoms with van der Waals surface area (Å²) in [4.78, 5) is 57.4. The molecular weight excluding hydrogens is 624 g/mol. The number of carbonyl (C=O) groups is 4. The van der Waals surface area contributed by atoms with Crippen molar-refractivity contribution in [2.75, 3.05) is 43.2 Å². The van der Waals surface area contributed by atoms with Gasteiger partial charge in [-0.25, -0.2) is 4.79 Å². The molecule has 2 saturated carbocycles. The van der Waals surface area contributed by atoms with Crippen LogP contribution in [0.4, 0.5) is 16.2 Å². The highest BCUT2D eigenvalue weighted by Gasteiger charge is 2.45. The molecule has 0 aromatic heterocycles. The van der Waals surface area contributed by atoms with E-state index in [2.05, 4.69) is 30.3 Å². The van der Waals surface area contributed by atoms with Gasteiger partial charge in [-0.15, -0.1) is 0 Å². The topological polar surface area (TPSA) is 132 Å². The van der Waals surface area contributed by atoms with Crippen LogP contribution in [0.15, 0.2) is 48.5 Å². The number of hydrogen-bond acceptors (Lipinski definition) is 7.